The summed E-state index contributed by atoms with van der Waals surface area (Å²) in [7, 11) is 0. The van der Waals surface area contributed by atoms with Gasteiger partial charge in [0.25, 0.3) is 5.91 Å². The summed E-state index contributed by atoms with van der Waals surface area (Å²) in [6.45, 7) is 3.48. The number of nitrogens with zero attached hydrogens (tertiary/aromatic N) is 2. The molecule has 0 bridgehead atoms. The fraction of sp³-hybridized carbons (Fsp3) is 0.286. The van der Waals surface area contributed by atoms with Crippen LogP contribution in [0.25, 0.3) is 11.0 Å². The van der Waals surface area contributed by atoms with Gasteiger partial charge < -0.3 is 10.4 Å². The lowest BCUT2D eigenvalue weighted by Crippen LogP contribution is -2.44. The molecule has 1 heterocycles. The molecule has 0 aliphatic heterocycles. The average Bonchev–Trinajstić information content (AvgIpc) is 2.43. The number of carboxylic acid groups (broad SMARTS) is 1. The number of nitrogens with one attached hydrogen (secondary N) is 1. The monoisotopic (exact) mass is 273 g/mol. The predicted octanol–water partition coefficient (Wildman–Crippen LogP) is 1.47. The highest BCUT2D eigenvalue weighted by atomic mass is 16.4. The first-order valence-corrected chi connectivity index (χ1v) is 6.24. The van der Waals surface area contributed by atoms with Crippen LogP contribution in [0.4, 0.5) is 0 Å². The molecule has 2 N–H and O–H groups in total. The number of para-hydroxylation sites is 1. The molecule has 1 aromatic heterocycles. The number of hydrogen-bond acceptors (Lipinski definition) is 4. The summed E-state index contributed by atoms with van der Waals surface area (Å²) in [5.74, 6) is -1.73. The van der Waals surface area contributed by atoms with Gasteiger partial charge in [-0.3, -0.25) is 14.8 Å². The molecule has 0 saturated heterocycles. The highest BCUT2D eigenvalue weighted by Gasteiger charge is 2.24. The Kier molecular flexibility index (Phi) is 3.93. The molecule has 0 aliphatic carbocycles. The minimum atomic E-state index is -1.06. The van der Waals surface area contributed by atoms with E-state index in [1.807, 2.05) is 0 Å². The van der Waals surface area contributed by atoms with Crippen molar-refractivity contribution in [3.63, 3.8) is 0 Å². The number of aromatic nitrogens is 2. The molecule has 104 valence electrons. The normalized spacial score (nSPS) is 12.3. The van der Waals surface area contributed by atoms with Gasteiger partial charge in [-0.05, 0) is 18.1 Å². The fourth-order valence-corrected chi connectivity index (χ4v) is 1.91. The molecule has 1 amide bonds. The minimum absolute atomic E-state index is 0.211. The van der Waals surface area contributed by atoms with E-state index in [0.717, 1.165) is 0 Å². The van der Waals surface area contributed by atoms with Gasteiger partial charge in [0, 0.05) is 12.4 Å². The van der Waals surface area contributed by atoms with E-state index in [2.05, 4.69) is 15.3 Å². The lowest BCUT2D eigenvalue weighted by molar-refractivity contribution is -0.140. The van der Waals surface area contributed by atoms with Crippen LogP contribution in [0, 0.1) is 5.92 Å². The Hall–Kier alpha value is -2.50. The summed E-state index contributed by atoms with van der Waals surface area (Å²) in [5, 5.41) is 11.6. The molecular formula is C14H15N3O3. The zero-order valence-electron chi connectivity index (χ0n) is 11.2. The summed E-state index contributed by atoms with van der Waals surface area (Å²) in [6, 6.07) is 4.10. The zero-order chi connectivity index (χ0) is 14.7. The molecule has 20 heavy (non-hydrogen) atoms. The van der Waals surface area contributed by atoms with Crippen molar-refractivity contribution < 1.29 is 14.7 Å². The molecule has 2 rings (SSSR count). The molecule has 0 aliphatic rings. The first kappa shape index (κ1) is 13.9. The van der Waals surface area contributed by atoms with Crippen molar-refractivity contribution >= 4 is 22.9 Å². The van der Waals surface area contributed by atoms with Gasteiger partial charge in [0.1, 0.15) is 11.6 Å². The van der Waals surface area contributed by atoms with E-state index >= 15 is 0 Å². The van der Waals surface area contributed by atoms with Gasteiger partial charge in [0.15, 0.2) is 0 Å². The van der Waals surface area contributed by atoms with Crippen LogP contribution in [0.1, 0.15) is 24.2 Å². The van der Waals surface area contributed by atoms with Crippen LogP contribution >= 0.6 is 0 Å². The number of amides is 1. The number of rotatable bonds is 4. The third kappa shape index (κ3) is 2.74. The SMILES string of the molecule is CC(C)[C@@H](NC(=O)c1cccc2nccnc12)C(=O)O. The lowest BCUT2D eigenvalue weighted by atomic mass is 10.0. The number of aliphatic carboxylic acids is 1. The van der Waals surface area contributed by atoms with Crippen molar-refractivity contribution in [1.29, 1.82) is 0 Å². The summed E-state index contributed by atoms with van der Waals surface area (Å²) in [6.07, 6.45) is 3.04. The van der Waals surface area contributed by atoms with Crippen LogP contribution in [-0.4, -0.2) is 33.0 Å². The number of carbonyl (C=O) groups is 2. The third-order valence-corrected chi connectivity index (χ3v) is 2.96. The zero-order valence-corrected chi connectivity index (χ0v) is 11.2. The molecule has 2 aromatic rings. The van der Waals surface area contributed by atoms with Crippen molar-refractivity contribution in [2.45, 2.75) is 19.9 Å². The lowest BCUT2D eigenvalue weighted by Gasteiger charge is -2.18. The number of carboxylic acids is 1. The Morgan fingerprint density at radius 1 is 1.20 bits per heavy atom. The molecule has 0 spiro atoms. The van der Waals surface area contributed by atoms with Crippen LogP contribution in [-0.2, 0) is 4.79 Å². The summed E-state index contributed by atoms with van der Waals surface area (Å²) in [4.78, 5) is 31.6. The van der Waals surface area contributed by atoms with E-state index in [-0.39, 0.29) is 5.92 Å². The van der Waals surface area contributed by atoms with Crippen LogP contribution in [0.15, 0.2) is 30.6 Å². The van der Waals surface area contributed by atoms with Crippen molar-refractivity contribution in [3.8, 4) is 0 Å². The standard InChI is InChI=1S/C14H15N3O3/c1-8(2)11(14(19)20)17-13(18)9-4-3-5-10-12(9)16-7-6-15-10/h3-8,11H,1-2H3,(H,17,18)(H,19,20)/t11-/m1/s1. The molecule has 1 aromatic carbocycles. The summed E-state index contributed by atoms with van der Waals surface area (Å²) >= 11 is 0. The second-order valence-electron chi connectivity index (χ2n) is 4.76. The number of benzene rings is 1. The van der Waals surface area contributed by atoms with Crippen molar-refractivity contribution in [1.82, 2.24) is 15.3 Å². The van der Waals surface area contributed by atoms with Gasteiger partial charge in [0.05, 0.1) is 11.1 Å². The topological polar surface area (TPSA) is 92.2 Å². The Morgan fingerprint density at radius 3 is 2.55 bits per heavy atom. The maximum Gasteiger partial charge on any atom is 0.326 e. The molecule has 0 saturated carbocycles. The Morgan fingerprint density at radius 2 is 1.90 bits per heavy atom. The minimum Gasteiger partial charge on any atom is -0.480 e. The van der Waals surface area contributed by atoms with Gasteiger partial charge in [0.2, 0.25) is 0 Å². The van der Waals surface area contributed by atoms with Gasteiger partial charge >= 0.3 is 5.97 Å². The molecule has 0 radical (unpaired) electrons. The highest BCUT2D eigenvalue weighted by molar-refractivity contribution is 6.05. The maximum absolute atomic E-state index is 12.2. The van der Waals surface area contributed by atoms with E-state index in [1.165, 1.54) is 12.4 Å². The second kappa shape index (κ2) is 5.64. The van der Waals surface area contributed by atoms with Gasteiger partial charge in [-0.2, -0.15) is 0 Å². The van der Waals surface area contributed by atoms with E-state index in [0.29, 0.717) is 16.6 Å². The molecule has 0 fully saturated rings. The van der Waals surface area contributed by atoms with Crippen molar-refractivity contribution in [2.75, 3.05) is 0 Å². The third-order valence-electron chi connectivity index (χ3n) is 2.96. The smallest absolute Gasteiger partial charge is 0.326 e. The van der Waals surface area contributed by atoms with E-state index in [1.54, 1.807) is 32.0 Å². The van der Waals surface area contributed by atoms with Gasteiger partial charge in [-0.15, -0.1) is 0 Å². The quantitative estimate of drug-likeness (QED) is 0.880. The van der Waals surface area contributed by atoms with Crippen LogP contribution < -0.4 is 5.32 Å². The Balaban J connectivity index is 2.34. The van der Waals surface area contributed by atoms with E-state index in [9.17, 15) is 9.59 Å². The van der Waals surface area contributed by atoms with Crippen LogP contribution in [0.3, 0.4) is 0 Å². The van der Waals surface area contributed by atoms with Crippen molar-refractivity contribution in [2.24, 2.45) is 5.92 Å². The molecule has 6 nitrogen and oxygen atoms in total. The highest BCUT2D eigenvalue weighted by Crippen LogP contribution is 2.14. The summed E-state index contributed by atoms with van der Waals surface area (Å²) in [5.41, 5.74) is 1.37. The fourth-order valence-electron chi connectivity index (χ4n) is 1.91. The molecule has 6 heteroatoms. The molecule has 1 atom stereocenters. The largest absolute Gasteiger partial charge is 0.480 e. The average molecular weight is 273 g/mol. The number of hydrogen-bond donors (Lipinski definition) is 2. The summed E-state index contributed by atoms with van der Waals surface area (Å²) < 4.78 is 0. The van der Waals surface area contributed by atoms with Gasteiger partial charge in [-0.25, -0.2) is 4.79 Å². The Labute approximate surface area is 115 Å². The van der Waals surface area contributed by atoms with Gasteiger partial charge in [-0.1, -0.05) is 19.9 Å². The maximum atomic E-state index is 12.2. The molecule has 0 unspecified atom stereocenters. The second-order valence-corrected chi connectivity index (χ2v) is 4.76. The van der Waals surface area contributed by atoms with E-state index in [4.69, 9.17) is 5.11 Å². The molecular weight excluding hydrogens is 258 g/mol. The first-order chi connectivity index (χ1) is 9.50. The van der Waals surface area contributed by atoms with Crippen molar-refractivity contribution in [3.05, 3.63) is 36.2 Å². The Bertz CT molecular complexity index is 650. The predicted molar refractivity (Wildman–Crippen MR) is 73.3 cm³/mol. The number of fused-ring (bicyclic) bond motifs is 1. The van der Waals surface area contributed by atoms with E-state index < -0.39 is 17.9 Å². The van der Waals surface area contributed by atoms with Crippen LogP contribution in [0.2, 0.25) is 0 Å². The number of carbonyl (C=O) groups excluding carboxylic acids is 1. The van der Waals surface area contributed by atoms with Crippen LogP contribution in [0.5, 0.6) is 0 Å². The first-order valence-electron chi connectivity index (χ1n) is 6.24.